The van der Waals surface area contributed by atoms with Gasteiger partial charge in [0, 0.05) is 36.3 Å². The SMILES string of the molecule is CCS(=O)(=O)N1CCC(c2ccc3cc(C4CC4)cnc3n2)CC1. The van der Waals surface area contributed by atoms with E-state index in [0.717, 1.165) is 29.6 Å². The summed E-state index contributed by atoms with van der Waals surface area (Å²) in [6.07, 6.45) is 6.18. The van der Waals surface area contributed by atoms with Gasteiger partial charge in [0.25, 0.3) is 0 Å². The highest BCUT2D eigenvalue weighted by Gasteiger charge is 2.28. The predicted molar refractivity (Wildman–Crippen MR) is 94.5 cm³/mol. The Morgan fingerprint density at radius 3 is 2.54 bits per heavy atom. The lowest BCUT2D eigenvalue weighted by Crippen LogP contribution is -2.38. The number of fused-ring (bicyclic) bond motifs is 1. The van der Waals surface area contributed by atoms with Crippen molar-refractivity contribution in [3.63, 3.8) is 0 Å². The Hall–Kier alpha value is -1.53. The van der Waals surface area contributed by atoms with Crippen molar-refractivity contribution in [3.8, 4) is 0 Å². The molecule has 0 radical (unpaired) electrons. The molecule has 2 aliphatic rings. The molecular weight excluding hydrogens is 322 g/mol. The van der Waals surface area contributed by atoms with E-state index in [1.165, 1.54) is 18.4 Å². The fourth-order valence-electron chi connectivity index (χ4n) is 3.52. The summed E-state index contributed by atoms with van der Waals surface area (Å²) < 4.78 is 25.5. The molecule has 4 rings (SSSR count). The van der Waals surface area contributed by atoms with Gasteiger partial charge in [-0.25, -0.2) is 22.7 Å². The molecule has 0 N–H and O–H groups in total. The fraction of sp³-hybridized carbons (Fsp3) is 0.556. The monoisotopic (exact) mass is 345 g/mol. The Labute approximate surface area is 143 Å². The van der Waals surface area contributed by atoms with E-state index in [2.05, 4.69) is 23.2 Å². The third-order valence-electron chi connectivity index (χ3n) is 5.26. The van der Waals surface area contributed by atoms with Gasteiger partial charge in [-0.1, -0.05) is 0 Å². The summed E-state index contributed by atoms with van der Waals surface area (Å²) in [5.41, 5.74) is 3.18. The first kappa shape index (κ1) is 16.0. The molecule has 2 aromatic rings. The van der Waals surface area contributed by atoms with Crippen LogP contribution in [0, 0.1) is 0 Å². The highest BCUT2D eigenvalue weighted by atomic mass is 32.2. The standard InChI is InChI=1S/C18H23N3O2S/c1-2-24(22,23)21-9-7-14(8-10-21)17-6-5-15-11-16(13-3-4-13)12-19-18(15)20-17/h5-6,11-14H,2-4,7-10H2,1H3. The van der Waals surface area contributed by atoms with E-state index in [1.807, 2.05) is 6.20 Å². The molecule has 5 nitrogen and oxygen atoms in total. The molecule has 3 heterocycles. The van der Waals surface area contributed by atoms with Gasteiger partial charge in [-0.2, -0.15) is 0 Å². The van der Waals surface area contributed by atoms with Gasteiger partial charge in [0.05, 0.1) is 5.75 Å². The maximum atomic E-state index is 12.0. The summed E-state index contributed by atoms with van der Waals surface area (Å²) in [7, 11) is -3.07. The van der Waals surface area contributed by atoms with Crippen molar-refractivity contribution in [3.05, 3.63) is 35.7 Å². The molecule has 1 aliphatic carbocycles. The largest absolute Gasteiger partial charge is 0.236 e. The molecule has 6 heteroatoms. The lowest BCUT2D eigenvalue weighted by molar-refractivity contribution is 0.317. The van der Waals surface area contributed by atoms with Crippen LogP contribution in [-0.2, 0) is 10.0 Å². The summed E-state index contributed by atoms with van der Waals surface area (Å²) in [5, 5.41) is 1.11. The number of piperidine rings is 1. The van der Waals surface area contributed by atoms with Crippen LogP contribution >= 0.6 is 0 Å². The maximum Gasteiger partial charge on any atom is 0.213 e. The minimum Gasteiger partial charge on any atom is -0.236 e. The number of rotatable bonds is 4. The summed E-state index contributed by atoms with van der Waals surface area (Å²) in [4.78, 5) is 9.30. The molecule has 0 bridgehead atoms. The molecule has 2 fully saturated rings. The average molecular weight is 345 g/mol. The van der Waals surface area contributed by atoms with Crippen LogP contribution in [0.2, 0.25) is 0 Å². The van der Waals surface area contributed by atoms with Crippen LogP contribution in [0.25, 0.3) is 11.0 Å². The van der Waals surface area contributed by atoms with Crippen LogP contribution < -0.4 is 0 Å². The van der Waals surface area contributed by atoms with Crippen LogP contribution in [-0.4, -0.2) is 41.5 Å². The van der Waals surface area contributed by atoms with E-state index >= 15 is 0 Å². The third-order valence-corrected chi connectivity index (χ3v) is 7.15. The zero-order valence-corrected chi connectivity index (χ0v) is 14.8. The van der Waals surface area contributed by atoms with Crippen LogP contribution in [0.3, 0.4) is 0 Å². The predicted octanol–water partition coefficient (Wildman–Crippen LogP) is 3.04. The van der Waals surface area contributed by atoms with Crippen LogP contribution in [0.15, 0.2) is 24.4 Å². The molecule has 0 aromatic carbocycles. The number of pyridine rings is 2. The lowest BCUT2D eigenvalue weighted by atomic mass is 9.94. The van der Waals surface area contributed by atoms with Crippen LogP contribution in [0.4, 0.5) is 0 Å². The van der Waals surface area contributed by atoms with Gasteiger partial charge in [-0.05, 0) is 62.3 Å². The van der Waals surface area contributed by atoms with Gasteiger partial charge in [0.15, 0.2) is 5.65 Å². The van der Waals surface area contributed by atoms with E-state index in [1.54, 1.807) is 11.2 Å². The first-order valence-electron chi connectivity index (χ1n) is 8.81. The molecule has 0 amide bonds. The zero-order valence-electron chi connectivity index (χ0n) is 14.0. The van der Waals surface area contributed by atoms with Crippen molar-refractivity contribution in [2.75, 3.05) is 18.8 Å². The minimum atomic E-state index is -3.07. The summed E-state index contributed by atoms with van der Waals surface area (Å²) in [5.74, 6) is 1.20. The van der Waals surface area contributed by atoms with Gasteiger partial charge in [0.1, 0.15) is 0 Å². The topological polar surface area (TPSA) is 63.2 Å². The van der Waals surface area contributed by atoms with Crippen molar-refractivity contribution < 1.29 is 8.42 Å². The second-order valence-electron chi connectivity index (χ2n) is 6.90. The normalized spacial score (nSPS) is 20.5. The second-order valence-corrected chi connectivity index (χ2v) is 9.16. The quantitative estimate of drug-likeness (QED) is 0.854. The van der Waals surface area contributed by atoms with Crippen molar-refractivity contribution >= 4 is 21.1 Å². The number of hydrogen-bond acceptors (Lipinski definition) is 4. The smallest absolute Gasteiger partial charge is 0.213 e. The van der Waals surface area contributed by atoms with Gasteiger partial charge in [-0.3, -0.25) is 0 Å². The van der Waals surface area contributed by atoms with Gasteiger partial charge in [-0.15, -0.1) is 0 Å². The van der Waals surface area contributed by atoms with Gasteiger partial charge >= 0.3 is 0 Å². The molecule has 1 saturated carbocycles. The molecule has 0 atom stereocenters. The molecule has 0 unspecified atom stereocenters. The van der Waals surface area contributed by atoms with E-state index < -0.39 is 10.0 Å². The number of sulfonamides is 1. The molecule has 1 aliphatic heterocycles. The van der Waals surface area contributed by atoms with E-state index in [9.17, 15) is 8.42 Å². The first-order valence-corrected chi connectivity index (χ1v) is 10.4. The Kier molecular flexibility index (Phi) is 4.04. The first-order chi connectivity index (χ1) is 11.6. The molecule has 2 aromatic heterocycles. The van der Waals surface area contributed by atoms with Gasteiger partial charge in [0.2, 0.25) is 10.0 Å². The van der Waals surface area contributed by atoms with E-state index in [0.29, 0.717) is 24.9 Å². The Morgan fingerprint density at radius 2 is 1.88 bits per heavy atom. The molecule has 128 valence electrons. The van der Waals surface area contributed by atoms with Crippen molar-refractivity contribution in [2.45, 2.75) is 44.4 Å². The molecule has 1 saturated heterocycles. The van der Waals surface area contributed by atoms with Crippen molar-refractivity contribution in [1.82, 2.24) is 14.3 Å². The van der Waals surface area contributed by atoms with Crippen LogP contribution in [0.5, 0.6) is 0 Å². The van der Waals surface area contributed by atoms with Crippen LogP contribution in [0.1, 0.15) is 55.7 Å². The van der Waals surface area contributed by atoms with E-state index in [-0.39, 0.29) is 5.75 Å². The maximum absolute atomic E-state index is 12.0. The summed E-state index contributed by atoms with van der Waals surface area (Å²) in [6, 6.07) is 6.42. The Bertz CT molecular complexity index is 854. The zero-order chi connectivity index (χ0) is 16.7. The highest BCUT2D eigenvalue weighted by molar-refractivity contribution is 7.89. The van der Waals surface area contributed by atoms with Gasteiger partial charge < -0.3 is 0 Å². The summed E-state index contributed by atoms with van der Waals surface area (Å²) in [6.45, 7) is 2.89. The van der Waals surface area contributed by atoms with Crippen molar-refractivity contribution in [2.24, 2.45) is 0 Å². The highest BCUT2D eigenvalue weighted by Crippen LogP contribution is 2.40. The average Bonchev–Trinajstić information content (AvgIpc) is 3.46. The number of aromatic nitrogens is 2. The Morgan fingerprint density at radius 1 is 1.12 bits per heavy atom. The summed E-state index contributed by atoms with van der Waals surface area (Å²) >= 11 is 0. The third kappa shape index (κ3) is 3.05. The molecule has 0 spiro atoms. The Balaban J connectivity index is 1.51. The second kappa shape index (κ2) is 6.08. The fourth-order valence-corrected chi connectivity index (χ4v) is 4.65. The molecule has 24 heavy (non-hydrogen) atoms. The molecular formula is C18H23N3O2S. The van der Waals surface area contributed by atoms with Crippen molar-refractivity contribution in [1.29, 1.82) is 0 Å². The lowest BCUT2D eigenvalue weighted by Gasteiger charge is -2.30. The number of nitrogens with zero attached hydrogens (tertiary/aromatic N) is 3. The van der Waals surface area contributed by atoms with E-state index in [4.69, 9.17) is 4.98 Å². The minimum absolute atomic E-state index is 0.180. The number of hydrogen-bond donors (Lipinski definition) is 0.